The molecule has 0 saturated carbocycles. The van der Waals surface area contributed by atoms with Gasteiger partial charge in [0, 0.05) is 5.56 Å². The van der Waals surface area contributed by atoms with E-state index in [9.17, 15) is 5.11 Å². The van der Waals surface area contributed by atoms with Crippen LogP contribution in [-0.2, 0) is 0 Å². The Bertz CT molecular complexity index is 480. The molecule has 1 aromatic carbocycles. The van der Waals surface area contributed by atoms with E-state index < -0.39 is 0 Å². The van der Waals surface area contributed by atoms with Crippen LogP contribution in [0.2, 0.25) is 0 Å². The molecule has 4 heteroatoms. The largest absolute Gasteiger partial charge is 0.507 e. The van der Waals surface area contributed by atoms with Crippen LogP contribution in [0.15, 0.2) is 22.9 Å². The summed E-state index contributed by atoms with van der Waals surface area (Å²) < 4.78 is 4.78. The molecule has 0 aliphatic carbocycles. The number of hydrogen-bond acceptors (Lipinski definition) is 4. The number of hydrogen-bond donors (Lipinski definition) is 2. The van der Waals surface area contributed by atoms with Crippen LogP contribution in [0.1, 0.15) is 11.1 Å². The van der Waals surface area contributed by atoms with Crippen LogP contribution in [-0.4, -0.2) is 10.3 Å². The summed E-state index contributed by atoms with van der Waals surface area (Å²) in [6, 6.07) is 3.66. The van der Waals surface area contributed by atoms with Crippen molar-refractivity contribution in [2.24, 2.45) is 0 Å². The Kier molecular flexibility index (Phi) is 2.11. The van der Waals surface area contributed by atoms with Crippen molar-refractivity contribution in [1.82, 2.24) is 5.16 Å². The number of benzene rings is 1. The predicted molar refractivity (Wildman–Crippen MR) is 57.5 cm³/mol. The molecule has 2 aromatic rings. The molecule has 78 valence electrons. The van der Waals surface area contributed by atoms with Gasteiger partial charge in [0.1, 0.15) is 5.75 Å². The molecule has 0 aliphatic rings. The van der Waals surface area contributed by atoms with Gasteiger partial charge in [0.05, 0.1) is 11.8 Å². The first-order chi connectivity index (χ1) is 7.09. The lowest BCUT2D eigenvalue weighted by atomic mass is 9.99. The minimum Gasteiger partial charge on any atom is -0.507 e. The number of anilines is 1. The van der Waals surface area contributed by atoms with Crippen molar-refractivity contribution in [3.05, 3.63) is 29.5 Å². The van der Waals surface area contributed by atoms with Gasteiger partial charge in [0.15, 0.2) is 0 Å². The fourth-order valence-electron chi connectivity index (χ4n) is 1.73. The van der Waals surface area contributed by atoms with Crippen molar-refractivity contribution in [2.45, 2.75) is 13.8 Å². The number of rotatable bonds is 1. The molecule has 0 fully saturated rings. The Labute approximate surface area is 87.3 Å². The maximum Gasteiger partial charge on any atom is 0.230 e. The fourth-order valence-corrected chi connectivity index (χ4v) is 1.73. The molecule has 2 rings (SSSR count). The van der Waals surface area contributed by atoms with E-state index in [0.29, 0.717) is 11.1 Å². The molecule has 15 heavy (non-hydrogen) atoms. The van der Waals surface area contributed by atoms with Gasteiger partial charge in [-0.25, -0.2) is 0 Å². The van der Waals surface area contributed by atoms with Gasteiger partial charge in [-0.3, -0.25) is 0 Å². The van der Waals surface area contributed by atoms with Crippen molar-refractivity contribution < 1.29 is 9.63 Å². The van der Waals surface area contributed by atoms with E-state index in [-0.39, 0.29) is 11.6 Å². The molecule has 0 unspecified atom stereocenters. The van der Waals surface area contributed by atoms with E-state index in [1.807, 2.05) is 19.9 Å². The number of nitrogen functional groups attached to an aromatic ring is 1. The van der Waals surface area contributed by atoms with Gasteiger partial charge in [-0.05, 0) is 31.0 Å². The lowest BCUT2D eigenvalue weighted by molar-refractivity contribution is 0.436. The minimum atomic E-state index is 0.197. The van der Waals surface area contributed by atoms with Crippen molar-refractivity contribution in [3.8, 4) is 16.9 Å². The maximum atomic E-state index is 9.84. The van der Waals surface area contributed by atoms with Gasteiger partial charge in [-0.1, -0.05) is 11.2 Å². The molecule has 1 heterocycles. The fraction of sp³-hybridized carbons (Fsp3) is 0.182. The number of phenolic OH excluding ortho intramolecular Hbond substituents is 1. The van der Waals surface area contributed by atoms with E-state index in [1.165, 1.54) is 6.20 Å². The molecule has 1 aromatic heterocycles. The zero-order valence-corrected chi connectivity index (χ0v) is 8.61. The van der Waals surface area contributed by atoms with Crippen LogP contribution in [0, 0.1) is 13.8 Å². The predicted octanol–water partition coefficient (Wildman–Crippen LogP) is 2.25. The first kappa shape index (κ1) is 9.58. The number of nitrogens with zero attached hydrogens (tertiary/aromatic N) is 1. The highest BCUT2D eigenvalue weighted by Gasteiger charge is 2.14. The van der Waals surface area contributed by atoms with Crippen LogP contribution in [0.4, 0.5) is 5.88 Å². The minimum absolute atomic E-state index is 0.197. The van der Waals surface area contributed by atoms with Gasteiger partial charge in [0.25, 0.3) is 0 Å². The summed E-state index contributed by atoms with van der Waals surface area (Å²) in [7, 11) is 0. The highest BCUT2D eigenvalue weighted by atomic mass is 16.5. The molecule has 4 nitrogen and oxygen atoms in total. The van der Waals surface area contributed by atoms with E-state index in [0.717, 1.165) is 11.1 Å². The third-order valence-electron chi connectivity index (χ3n) is 2.33. The second-order valence-corrected chi connectivity index (χ2v) is 3.58. The summed E-state index contributed by atoms with van der Waals surface area (Å²) in [6.45, 7) is 3.84. The summed E-state index contributed by atoms with van der Waals surface area (Å²) in [5, 5.41) is 13.4. The lowest BCUT2D eigenvalue weighted by Crippen LogP contribution is -1.89. The molecule has 0 atom stereocenters. The SMILES string of the molecule is Cc1cc(C)c(-c2cnoc2N)c(O)c1. The van der Waals surface area contributed by atoms with E-state index >= 15 is 0 Å². The molecule has 0 aliphatic heterocycles. The van der Waals surface area contributed by atoms with Crippen LogP contribution in [0.5, 0.6) is 5.75 Å². The number of nitrogens with two attached hydrogens (primary N) is 1. The zero-order valence-electron chi connectivity index (χ0n) is 8.61. The zero-order chi connectivity index (χ0) is 11.0. The van der Waals surface area contributed by atoms with Crippen LogP contribution in [0.25, 0.3) is 11.1 Å². The molecule has 0 saturated heterocycles. The summed E-state index contributed by atoms with van der Waals surface area (Å²) in [5.74, 6) is 0.416. The van der Waals surface area contributed by atoms with Gasteiger partial charge in [-0.2, -0.15) is 0 Å². The first-order valence-electron chi connectivity index (χ1n) is 4.60. The van der Waals surface area contributed by atoms with E-state index in [4.69, 9.17) is 10.3 Å². The highest BCUT2D eigenvalue weighted by Crippen LogP contribution is 2.36. The molecule has 3 N–H and O–H groups in total. The monoisotopic (exact) mass is 204 g/mol. The molecular weight excluding hydrogens is 192 g/mol. The third kappa shape index (κ3) is 1.54. The smallest absolute Gasteiger partial charge is 0.230 e. The normalized spacial score (nSPS) is 10.5. The van der Waals surface area contributed by atoms with Gasteiger partial charge in [-0.15, -0.1) is 0 Å². The van der Waals surface area contributed by atoms with Gasteiger partial charge < -0.3 is 15.4 Å². The highest BCUT2D eigenvalue weighted by molar-refractivity contribution is 5.79. The summed E-state index contributed by atoms with van der Waals surface area (Å²) in [6.07, 6.45) is 1.51. The number of aromatic hydroxyl groups is 1. The quantitative estimate of drug-likeness (QED) is 0.747. The summed E-state index contributed by atoms with van der Waals surface area (Å²) >= 11 is 0. The Hall–Kier alpha value is -1.97. The maximum absolute atomic E-state index is 9.84. The van der Waals surface area contributed by atoms with Crippen molar-refractivity contribution in [2.75, 3.05) is 5.73 Å². The Balaban J connectivity index is 2.68. The number of aryl methyl sites for hydroxylation is 2. The molecular formula is C11H12N2O2. The number of aromatic nitrogens is 1. The third-order valence-corrected chi connectivity index (χ3v) is 2.33. The standard InChI is InChI=1S/C11H12N2O2/c1-6-3-7(2)10(9(14)4-6)8-5-13-15-11(8)12/h3-5,14H,12H2,1-2H3. The van der Waals surface area contributed by atoms with Gasteiger partial charge >= 0.3 is 0 Å². The van der Waals surface area contributed by atoms with Crippen molar-refractivity contribution >= 4 is 5.88 Å². The molecule has 0 spiro atoms. The van der Waals surface area contributed by atoms with Crippen LogP contribution in [0.3, 0.4) is 0 Å². The second-order valence-electron chi connectivity index (χ2n) is 3.58. The first-order valence-corrected chi connectivity index (χ1v) is 4.60. The Morgan fingerprint density at radius 1 is 1.33 bits per heavy atom. The summed E-state index contributed by atoms with van der Waals surface area (Å²) in [5.41, 5.74) is 8.87. The van der Waals surface area contributed by atoms with Crippen molar-refractivity contribution in [1.29, 1.82) is 0 Å². The van der Waals surface area contributed by atoms with E-state index in [1.54, 1.807) is 6.07 Å². The van der Waals surface area contributed by atoms with Gasteiger partial charge in [0.2, 0.25) is 5.88 Å². The summed E-state index contributed by atoms with van der Waals surface area (Å²) in [4.78, 5) is 0. The average molecular weight is 204 g/mol. The second kappa shape index (κ2) is 3.31. The van der Waals surface area contributed by atoms with E-state index in [2.05, 4.69) is 5.16 Å². The molecule has 0 bridgehead atoms. The molecule has 0 amide bonds. The Morgan fingerprint density at radius 2 is 2.07 bits per heavy atom. The number of phenols is 1. The van der Waals surface area contributed by atoms with Crippen LogP contribution < -0.4 is 5.73 Å². The van der Waals surface area contributed by atoms with Crippen LogP contribution >= 0.6 is 0 Å². The lowest BCUT2D eigenvalue weighted by Gasteiger charge is -2.07. The average Bonchev–Trinajstić information content (AvgIpc) is 2.50. The topological polar surface area (TPSA) is 72.3 Å². The van der Waals surface area contributed by atoms with Crippen molar-refractivity contribution in [3.63, 3.8) is 0 Å². The Morgan fingerprint density at radius 3 is 2.60 bits per heavy atom. The molecule has 0 radical (unpaired) electrons.